The molecule has 2 N–H and O–H groups in total. The molecule has 0 saturated carbocycles. The van der Waals surface area contributed by atoms with Gasteiger partial charge in [0, 0.05) is 21.0 Å². The van der Waals surface area contributed by atoms with E-state index < -0.39 is 17.9 Å². The predicted octanol–water partition coefficient (Wildman–Crippen LogP) is -0.946. The third kappa shape index (κ3) is 4.44. The Hall–Kier alpha value is -1.59. The van der Waals surface area contributed by atoms with Crippen molar-refractivity contribution in [2.24, 2.45) is 0 Å². The maximum absolute atomic E-state index is 11.2. The average molecular weight is 202 g/mol. The van der Waals surface area contributed by atoms with Crippen LogP contribution in [-0.4, -0.2) is 47.9 Å². The number of nitrogens with zero attached hydrogens (tertiary/aromatic N) is 1. The van der Waals surface area contributed by atoms with E-state index in [9.17, 15) is 14.4 Å². The van der Waals surface area contributed by atoms with Crippen molar-refractivity contribution in [1.29, 1.82) is 0 Å². The lowest BCUT2D eigenvalue weighted by molar-refractivity contribution is -0.144. The molecule has 0 radical (unpaired) electrons. The highest BCUT2D eigenvalue weighted by Gasteiger charge is 2.22. The first-order valence-corrected chi connectivity index (χ1v) is 4.04. The second-order valence-corrected chi connectivity index (χ2v) is 3.08. The topological polar surface area (TPSA) is 86.7 Å². The lowest BCUT2D eigenvalue weighted by Gasteiger charge is -2.15. The van der Waals surface area contributed by atoms with Crippen LogP contribution in [0.2, 0.25) is 0 Å². The zero-order valence-corrected chi connectivity index (χ0v) is 8.40. The second-order valence-electron chi connectivity index (χ2n) is 3.08. The van der Waals surface area contributed by atoms with Crippen molar-refractivity contribution in [1.82, 2.24) is 10.2 Å². The first kappa shape index (κ1) is 12.4. The molecule has 6 heteroatoms. The van der Waals surface area contributed by atoms with E-state index in [4.69, 9.17) is 5.11 Å². The largest absolute Gasteiger partial charge is 0.480 e. The van der Waals surface area contributed by atoms with Crippen molar-refractivity contribution >= 4 is 17.8 Å². The first-order chi connectivity index (χ1) is 6.34. The minimum atomic E-state index is -1.21. The van der Waals surface area contributed by atoms with Gasteiger partial charge in [-0.3, -0.25) is 9.59 Å². The van der Waals surface area contributed by atoms with Gasteiger partial charge in [-0.1, -0.05) is 0 Å². The molecule has 0 aliphatic heterocycles. The van der Waals surface area contributed by atoms with Gasteiger partial charge in [0.25, 0.3) is 0 Å². The van der Waals surface area contributed by atoms with E-state index >= 15 is 0 Å². The zero-order chi connectivity index (χ0) is 11.3. The van der Waals surface area contributed by atoms with Crippen molar-refractivity contribution in [2.75, 3.05) is 14.1 Å². The molecule has 0 saturated heterocycles. The fourth-order valence-corrected chi connectivity index (χ4v) is 0.803. The monoisotopic (exact) mass is 202 g/mol. The van der Waals surface area contributed by atoms with Crippen LogP contribution in [0.1, 0.15) is 13.3 Å². The van der Waals surface area contributed by atoms with Crippen LogP contribution in [0.4, 0.5) is 0 Å². The fraction of sp³-hybridized carbons (Fsp3) is 0.625. The van der Waals surface area contributed by atoms with Gasteiger partial charge in [-0.25, -0.2) is 4.79 Å². The van der Waals surface area contributed by atoms with Crippen LogP contribution in [0.5, 0.6) is 0 Å². The Bertz CT molecular complexity index is 250. The summed E-state index contributed by atoms with van der Waals surface area (Å²) in [5.74, 6) is -2.02. The molecule has 0 fully saturated rings. The Labute approximate surface area is 81.9 Å². The van der Waals surface area contributed by atoms with Gasteiger partial charge in [0.05, 0.1) is 6.42 Å². The second kappa shape index (κ2) is 5.21. The summed E-state index contributed by atoms with van der Waals surface area (Å²) in [6.45, 7) is 1.20. The number of nitrogens with one attached hydrogen (secondary N) is 1. The van der Waals surface area contributed by atoms with Crippen LogP contribution >= 0.6 is 0 Å². The molecule has 0 aliphatic rings. The van der Waals surface area contributed by atoms with E-state index in [0.717, 1.165) is 0 Å². The smallest absolute Gasteiger partial charge is 0.326 e. The molecule has 0 spiro atoms. The molecule has 1 atom stereocenters. The summed E-state index contributed by atoms with van der Waals surface area (Å²) < 4.78 is 0. The van der Waals surface area contributed by atoms with Gasteiger partial charge >= 0.3 is 5.97 Å². The van der Waals surface area contributed by atoms with Crippen molar-refractivity contribution in [3.63, 3.8) is 0 Å². The lowest BCUT2D eigenvalue weighted by Crippen LogP contribution is -2.43. The number of rotatable bonds is 4. The summed E-state index contributed by atoms with van der Waals surface area (Å²) in [6, 6.07) is -1.15. The van der Waals surface area contributed by atoms with Crippen molar-refractivity contribution in [3.8, 4) is 0 Å². The molecule has 0 aliphatic carbocycles. The normalized spacial score (nSPS) is 11.6. The summed E-state index contributed by atoms with van der Waals surface area (Å²) in [7, 11) is 3.05. The molecular formula is C8H14N2O4. The van der Waals surface area contributed by atoms with E-state index in [1.54, 1.807) is 0 Å². The van der Waals surface area contributed by atoms with Crippen LogP contribution < -0.4 is 5.32 Å². The standard InChI is InChI=1S/C8H14N2O4/c1-5(11)9-6(8(13)14)4-7(12)10(2)3/h6H,4H2,1-3H3,(H,9,11)(H,13,14). The highest BCUT2D eigenvalue weighted by molar-refractivity contribution is 5.87. The molecular weight excluding hydrogens is 188 g/mol. The minimum absolute atomic E-state index is 0.234. The van der Waals surface area contributed by atoms with Crippen LogP contribution in [0.25, 0.3) is 0 Å². The van der Waals surface area contributed by atoms with Gasteiger partial charge in [0.1, 0.15) is 6.04 Å². The Morgan fingerprint density at radius 1 is 1.36 bits per heavy atom. The molecule has 1 unspecified atom stereocenters. The predicted molar refractivity (Wildman–Crippen MR) is 48.6 cm³/mol. The third-order valence-electron chi connectivity index (χ3n) is 1.55. The summed E-state index contributed by atoms with van der Waals surface area (Å²) in [4.78, 5) is 33.6. The lowest BCUT2D eigenvalue weighted by atomic mass is 10.2. The Morgan fingerprint density at radius 3 is 2.14 bits per heavy atom. The highest BCUT2D eigenvalue weighted by atomic mass is 16.4. The molecule has 14 heavy (non-hydrogen) atoms. The number of carbonyl (C=O) groups excluding carboxylic acids is 2. The van der Waals surface area contributed by atoms with E-state index in [1.807, 2.05) is 0 Å². The Kier molecular flexibility index (Phi) is 4.62. The summed E-state index contributed by atoms with van der Waals surface area (Å²) >= 11 is 0. The molecule has 0 aromatic carbocycles. The fourth-order valence-electron chi connectivity index (χ4n) is 0.803. The van der Waals surface area contributed by atoms with E-state index in [0.29, 0.717) is 0 Å². The SMILES string of the molecule is CC(=O)NC(CC(=O)N(C)C)C(=O)O. The molecule has 2 amide bonds. The van der Waals surface area contributed by atoms with Crippen LogP contribution in [0.3, 0.4) is 0 Å². The number of aliphatic carboxylic acids is 1. The maximum atomic E-state index is 11.2. The van der Waals surface area contributed by atoms with Crippen molar-refractivity contribution in [2.45, 2.75) is 19.4 Å². The van der Waals surface area contributed by atoms with Crippen molar-refractivity contribution in [3.05, 3.63) is 0 Å². The van der Waals surface area contributed by atoms with Crippen LogP contribution in [-0.2, 0) is 14.4 Å². The van der Waals surface area contributed by atoms with Gasteiger partial charge in [0.15, 0.2) is 0 Å². The third-order valence-corrected chi connectivity index (χ3v) is 1.55. The number of hydrogen-bond donors (Lipinski definition) is 2. The quantitative estimate of drug-likeness (QED) is 0.615. The minimum Gasteiger partial charge on any atom is -0.480 e. The average Bonchev–Trinajstić information content (AvgIpc) is 2.01. The van der Waals surface area contributed by atoms with E-state index in [-0.39, 0.29) is 12.3 Å². The van der Waals surface area contributed by atoms with E-state index in [2.05, 4.69) is 5.32 Å². The first-order valence-electron chi connectivity index (χ1n) is 4.04. The Balaban J connectivity index is 4.31. The molecule has 0 aromatic heterocycles. The number of carboxylic acid groups (broad SMARTS) is 1. The Morgan fingerprint density at radius 2 is 1.86 bits per heavy atom. The van der Waals surface area contributed by atoms with Gasteiger partial charge in [-0.15, -0.1) is 0 Å². The van der Waals surface area contributed by atoms with Gasteiger partial charge in [-0.2, -0.15) is 0 Å². The molecule has 80 valence electrons. The summed E-state index contributed by atoms with van der Waals surface area (Å²) in [6.07, 6.45) is -0.234. The van der Waals surface area contributed by atoms with E-state index in [1.165, 1.54) is 25.9 Å². The number of carboxylic acids is 1. The molecule has 0 heterocycles. The number of amides is 2. The molecule has 0 rings (SSSR count). The number of hydrogen-bond acceptors (Lipinski definition) is 3. The van der Waals surface area contributed by atoms with Crippen LogP contribution in [0.15, 0.2) is 0 Å². The zero-order valence-electron chi connectivity index (χ0n) is 8.40. The molecule has 0 aromatic rings. The van der Waals surface area contributed by atoms with Gasteiger partial charge < -0.3 is 15.3 Å². The van der Waals surface area contributed by atoms with Crippen LogP contribution in [0, 0.1) is 0 Å². The van der Waals surface area contributed by atoms with Crippen molar-refractivity contribution < 1.29 is 19.5 Å². The highest BCUT2D eigenvalue weighted by Crippen LogP contribution is 1.96. The summed E-state index contributed by atoms with van der Waals surface area (Å²) in [5.41, 5.74) is 0. The molecule has 0 bridgehead atoms. The molecule has 6 nitrogen and oxygen atoms in total. The maximum Gasteiger partial charge on any atom is 0.326 e. The number of carbonyl (C=O) groups is 3. The van der Waals surface area contributed by atoms with Gasteiger partial charge in [-0.05, 0) is 0 Å². The summed E-state index contributed by atoms with van der Waals surface area (Å²) in [5, 5.41) is 10.8. The van der Waals surface area contributed by atoms with Gasteiger partial charge in [0.2, 0.25) is 11.8 Å².